The highest BCUT2D eigenvalue weighted by atomic mass is 15.0. The Hall–Kier alpha value is -8.37. The van der Waals surface area contributed by atoms with Gasteiger partial charge in [0.05, 0.1) is 68.6 Å². The Kier molecular flexibility index (Phi) is 6.95. The van der Waals surface area contributed by atoms with E-state index >= 15 is 0 Å². The molecule has 0 aliphatic heterocycles. The summed E-state index contributed by atoms with van der Waals surface area (Å²) in [6.07, 6.45) is 0. The van der Waals surface area contributed by atoms with Crippen molar-refractivity contribution in [2.75, 3.05) is 0 Å². The number of fused-ring (bicyclic) bond motifs is 9. The molecule has 11 aromatic rings. The molecule has 0 amide bonds. The van der Waals surface area contributed by atoms with Crippen LogP contribution in [0.5, 0.6) is 0 Å². The van der Waals surface area contributed by atoms with Gasteiger partial charge in [-0.25, -0.2) is 4.85 Å². The smallest absolute Gasteiger partial charge is 0.211 e. The summed E-state index contributed by atoms with van der Waals surface area (Å²) in [5, 5.41) is 25.8. The number of nitrogens with zero attached hydrogens (tertiary/aromatic N) is 6. The molecule has 0 saturated carbocycles. The molecule has 0 N–H and O–H groups in total. The first-order valence-corrected chi connectivity index (χ1v) is 18.7. The molecule has 6 nitrogen and oxygen atoms in total. The third-order valence-corrected chi connectivity index (χ3v) is 11.3. The van der Waals surface area contributed by atoms with Gasteiger partial charge in [0.25, 0.3) is 0 Å². The van der Waals surface area contributed by atoms with E-state index < -0.39 is 0 Å². The lowest BCUT2D eigenvalue weighted by molar-refractivity contribution is 1.16. The molecule has 0 bridgehead atoms. The molecule has 0 aliphatic rings. The third-order valence-electron chi connectivity index (χ3n) is 11.3. The van der Waals surface area contributed by atoms with Crippen molar-refractivity contribution in [2.45, 2.75) is 0 Å². The number of rotatable bonds is 4. The second kappa shape index (κ2) is 12.3. The monoisotopic (exact) mass is 724 g/mol. The van der Waals surface area contributed by atoms with Crippen LogP contribution in [0.3, 0.4) is 0 Å². The maximum absolute atomic E-state index is 9.70. The molecular weight excluding hydrogens is 697 g/mol. The molecule has 0 saturated heterocycles. The van der Waals surface area contributed by atoms with Crippen molar-refractivity contribution in [3.8, 4) is 40.3 Å². The van der Waals surface area contributed by atoms with E-state index in [9.17, 15) is 10.5 Å². The average molecular weight is 725 g/mol. The van der Waals surface area contributed by atoms with Crippen molar-refractivity contribution in [3.05, 3.63) is 192 Å². The van der Waals surface area contributed by atoms with Crippen LogP contribution < -0.4 is 0 Å². The molecule has 0 aliphatic carbocycles. The number of para-hydroxylation sites is 4. The standard InChI is InChI=1S/C51H28N6/c1-54-44-13-8-12-37(51(44)57-46-15-6-2-9-38(46)39-10-3-7-16-47(39)57)34-19-21-35(22-20-34)55-45-14-5-4-11-40(45)43-29-36(23-26-50(43)55)56-48-24-17-32(30-52)27-41(48)42-28-33(31-53)18-25-49(42)56/h2-29H. The lowest BCUT2D eigenvalue weighted by Crippen LogP contribution is -1.98. The molecule has 57 heavy (non-hydrogen) atoms. The minimum Gasteiger partial charge on any atom is -0.318 e. The fourth-order valence-electron chi connectivity index (χ4n) is 8.86. The van der Waals surface area contributed by atoms with Crippen molar-refractivity contribution in [1.29, 1.82) is 10.5 Å². The molecule has 8 aromatic carbocycles. The summed E-state index contributed by atoms with van der Waals surface area (Å²) >= 11 is 0. The van der Waals surface area contributed by atoms with Crippen LogP contribution in [0, 0.1) is 29.2 Å². The van der Waals surface area contributed by atoms with Crippen LogP contribution in [-0.2, 0) is 0 Å². The molecule has 3 heterocycles. The Morgan fingerprint density at radius 1 is 0.404 bits per heavy atom. The zero-order valence-electron chi connectivity index (χ0n) is 30.3. The predicted molar refractivity (Wildman–Crippen MR) is 231 cm³/mol. The topological polar surface area (TPSA) is 66.7 Å². The summed E-state index contributed by atoms with van der Waals surface area (Å²) in [6.45, 7) is 8.20. The van der Waals surface area contributed by atoms with Gasteiger partial charge in [-0.05, 0) is 96.1 Å². The first-order chi connectivity index (χ1) is 28.1. The second-order valence-corrected chi connectivity index (χ2v) is 14.3. The number of nitriles is 2. The molecular formula is C51H28N6. The minimum absolute atomic E-state index is 0.579. The summed E-state index contributed by atoms with van der Waals surface area (Å²) in [4.78, 5) is 4.02. The molecule has 0 fully saturated rings. The summed E-state index contributed by atoms with van der Waals surface area (Å²) in [6, 6.07) is 62.6. The quantitative estimate of drug-likeness (QED) is 0.170. The molecule has 11 rings (SSSR count). The van der Waals surface area contributed by atoms with Crippen molar-refractivity contribution in [3.63, 3.8) is 0 Å². The Morgan fingerprint density at radius 2 is 0.860 bits per heavy atom. The zero-order chi connectivity index (χ0) is 38.2. The van der Waals surface area contributed by atoms with Gasteiger partial charge in [-0.3, -0.25) is 0 Å². The Morgan fingerprint density at radius 3 is 1.42 bits per heavy atom. The number of hydrogen-bond donors (Lipinski definition) is 0. The predicted octanol–water partition coefficient (Wildman–Crippen LogP) is 12.9. The highest BCUT2D eigenvalue weighted by Gasteiger charge is 2.20. The summed E-state index contributed by atoms with van der Waals surface area (Å²) in [5.41, 5.74) is 12.9. The van der Waals surface area contributed by atoms with E-state index in [0.29, 0.717) is 16.8 Å². The van der Waals surface area contributed by atoms with E-state index in [1.54, 1.807) is 0 Å². The van der Waals surface area contributed by atoms with Crippen LogP contribution in [0.25, 0.3) is 98.5 Å². The zero-order valence-corrected chi connectivity index (χ0v) is 30.3. The van der Waals surface area contributed by atoms with Gasteiger partial charge in [0.15, 0.2) is 0 Å². The van der Waals surface area contributed by atoms with Crippen molar-refractivity contribution in [1.82, 2.24) is 13.7 Å². The van der Waals surface area contributed by atoms with E-state index in [0.717, 1.165) is 93.6 Å². The molecule has 3 aromatic heterocycles. The molecule has 0 radical (unpaired) electrons. The van der Waals surface area contributed by atoms with E-state index in [2.05, 4.69) is 152 Å². The first kappa shape index (κ1) is 32.1. The summed E-state index contributed by atoms with van der Waals surface area (Å²) in [7, 11) is 0. The maximum Gasteiger partial charge on any atom is 0.211 e. The van der Waals surface area contributed by atoms with E-state index in [1.807, 2.05) is 48.5 Å². The average Bonchev–Trinajstić information content (AvgIpc) is 3.91. The lowest BCUT2D eigenvalue weighted by Gasteiger charge is -2.17. The third kappa shape index (κ3) is 4.68. The molecule has 0 atom stereocenters. The van der Waals surface area contributed by atoms with Crippen LogP contribution >= 0.6 is 0 Å². The van der Waals surface area contributed by atoms with Crippen LogP contribution in [0.1, 0.15) is 11.1 Å². The SMILES string of the molecule is [C-]#[N+]c1cccc(-c2ccc(-n3c4ccccc4c4cc(-n5c6ccc(C#N)cc6c6cc(C#N)ccc65)ccc43)cc2)c1-n1c2ccccc2c2ccccc21. The highest BCUT2D eigenvalue weighted by molar-refractivity contribution is 6.13. The highest BCUT2D eigenvalue weighted by Crippen LogP contribution is 2.42. The van der Waals surface area contributed by atoms with Crippen molar-refractivity contribution in [2.24, 2.45) is 0 Å². The largest absolute Gasteiger partial charge is 0.318 e. The Balaban J connectivity index is 1.08. The Bertz CT molecular complexity index is 3490. The molecule has 262 valence electrons. The van der Waals surface area contributed by atoms with Gasteiger partial charge in [-0.2, -0.15) is 10.5 Å². The normalized spacial score (nSPS) is 11.5. The van der Waals surface area contributed by atoms with Crippen LogP contribution in [0.4, 0.5) is 5.69 Å². The van der Waals surface area contributed by atoms with Crippen molar-refractivity contribution < 1.29 is 0 Å². The lowest BCUT2D eigenvalue weighted by atomic mass is 10.0. The van der Waals surface area contributed by atoms with Crippen LogP contribution in [0.2, 0.25) is 0 Å². The Labute approximate surface area is 326 Å². The molecule has 0 spiro atoms. The fourth-order valence-corrected chi connectivity index (χ4v) is 8.86. The van der Waals surface area contributed by atoms with E-state index in [4.69, 9.17) is 6.57 Å². The van der Waals surface area contributed by atoms with Gasteiger partial charge < -0.3 is 13.7 Å². The van der Waals surface area contributed by atoms with Gasteiger partial charge in [0, 0.05) is 43.7 Å². The van der Waals surface area contributed by atoms with Gasteiger partial charge in [0.1, 0.15) is 0 Å². The number of benzene rings is 8. The summed E-state index contributed by atoms with van der Waals surface area (Å²) in [5.74, 6) is 0. The second-order valence-electron chi connectivity index (χ2n) is 14.3. The van der Waals surface area contributed by atoms with E-state index in [-0.39, 0.29) is 0 Å². The van der Waals surface area contributed by atoms with Gasteiger partial charge in [0.2, 0.25) is 5.69 Å². The summed E-state index contributed by atoms with van der Waals surface area (Å²) < 4.78 is 6.78. The number of aromatic nitrogens is 3. The van der Waals surface area contributed by atoms with Crippen LogP contribution in [0.15, 0.2) is 170 Å². The minimum atomic E-state index is 0.579. The maximum atomic E-state index is 9.70. The molecule has 6 heteroatoms. The van der Waals surface area contributed by atoms with Gasteiger partial charge >= 0.3 is 0 Å². The van der Waals surface area contributed by atoms with Crippen molar-refractivity contribution >= 4 is 71.1 Å². The van der Waals surface area contributed by atoms with E-state index in [1.165, 1.54) is 0 Å². The van der Waals surface area contributed by atoms with Crippen LogP contribution in [-0.4, -0.2) is 13.7 Å². The number of hydrogen-bond acceptors (Lipinski definition) is 2. The first-order valence-electron chi connectivity index (χ1n) is 18.7. The van der Waals surface area contributed by atoms with Gasteiger partial charge in [-0.1, -0.05) is 84.9 Å². The fraction of sp³-hybridized carbons (Fsp3) is 0. The van der Waals surface area contributed by atoms with Gasteiger partial charge in [-0.15, -0.1) is 0 Å². The molecule has 0 unspecified atom stereocenters.